The molecule has 26 heavy (non-hydrogen) atoms. The van der Waals surface area contributed by atoms with Gasteiger partial charge in [0, 0.05) is 18.0 Å². The average Bonchev–Trinajstić information content (AvgIpc) is 2.93. The highest BCUT2D eigenvalue weighted by Gasteiger charge is 2.49. The summed E-state index contributed by atoms with van der Waals surface area (Å²) < 4.78 is 14.8. The molecule has 10 nitrogen and oxygen atoms in total. The molecule has 0 radical (unpaired) electrons. The number of amides is 1. The van der Waals surface area contributed by atoms with Crippen molar-refractivity contribution in [2.24, 2.45) is 28.8 Å². The average molecular weight is 370 g/mol. The molecule has 1 amide bonds. The van der Waals surface area contributed by atoms with Gasteiger partial charge in [0.15, 0.2) is 0 Å². The molecule has 0 aromatic carbocycles. The Morgan fingerprint density at radius 3 is 2.12 bits per heavy atom. The predicted octanol–water partition coefficient (Wildman–Crippen LogP) is 2.04. The number of azide groups is 1. The molecule has 10 heteroatoms. The van der Waals surface area contributed by atoms with E-state index in [0.717, 1.165) is 0 Å². The third kappa shape index (κ3) is 5.80. The van der Waals surface area contributed by atoms with Crippen LogP contribution in [0.4, 0.5) is 4.79 Å². The Bertz CT molecular complexity index is 582. The van der Waals surface area contributed by atoms with Gasteiger partial charge >= 0.3 is 18.0 Å². The minimum atomic E-state index is -0.666. The summed E-state index contributed by atoms with van der Waals surface area (Å²) in [5.74, 6) is -3.14. The lowest BCUT2D eigenvalue weighted by atomic mass is 9.86. The van der Waals surface area contributed by atoms with Crippen molar-refractivity contribution in [1.82, 2.24) is 5.32 Å². The van der Waals surface area contributed by atoms with E-state index in [1.54, 1.807) is 20.8 Å². The zero-order chi connectivity index (χ0) is 19.9. The largest absolute Gasteiger partial charge is 0.469 e. The van der Waals surface area contributed by atoms with Gasteiger partial charge in [-0.1, -0.05) is 5.11 Å². The van der Waals surface area contributed by atoms with Crippen LogP contribution in [0, 0.1) is 23.7 Å². The zero-order valence-electron chi connectivity index (χ0n) is 15.7. The number of methoxy groups -OCH3 is 2. The number of ether oxygens (including phenoxy) is 3. The Labute approximate surface area is 152 Å². The zero-order valence-corrected chi connectivity index (χ0v) is 15.7. The molecule has 0 unspecified atom stereocenters. The molecule has 1 N–H and O–H groups in total. The van der Waals surface area contributed by atoms with Crippen LogP contribution in [0.3, 0.4) is 0 Å². The van der Waals surface area contributed by atoms with E-state index in [-0.39, 0.29) is 19.5 Å². The van der Waals surface area contributed by atoms with Gasteiger partial charge in [-0.2, -0.15) is 0 Å². The molecule has 0 heterocycles. The first-order chi connectivity index (χ1) is 12.1. The maximum Gasteiger partial charge on any atom is 0.407 e. The van der Waals surface area contributed by atoms with Crippen molar-refractivity contribution in [3.8, 4) is 0 Å². The number of hydrogen-bond donors (Lipinski definition) is 1. The van der Waals surface area contributed by atoms with Crippen LogP contribution in [-0.4, -0.2) is 50.9 Å². The number of carbonyl (C=O) groups excluding carboxylic acids is 3. The number of hydrogen-bond acceptors (Lipinski definition) is 7. The van der Waals surface area contributed by atoms with Gasteiger partial charge in [-0.15, -0.1) is 0 Å². The van der Waals surface area contributed by atoms with Crippen molar-refractivity contribution in [2.75, 3.05) is 27.3 Å². The minimum absolute atomic E-state index is 0.00439. The standard InChI is InChI=1S/C16H26N4O6/c1-16(2,3)26-15(23)18-7-11-9(13(21)24-4)6-10(14(22)25-5)12(11)8-19-20-17/h9-12H,6-8H2,1-5H3,(H,18,23)/t9-,10+,11+,12-/m0/s1. The van der Waals surface area contributed by atoms with Crippen LogP contribution in [0.1, 0.15) is 27.2 Å². The monoisotopic (exact) mass is 370 g/mol. The predicted molar refractivity (Wildman–Crippen MR) is 90.9 cm³/mol. The Morgan fingerprint density at radius 2 is 1.65 bits per heavy atom. The molecule has 4 atom stereocenters. The molecular weight excluding hydrogens is 344 g/mol. The second kappa shape index (κ2) is 9.28. The Kier molecular flexibility index (Phi) is 7.70. The van der Waals surface area contributed by atoms with E-state index in [4.69, 9.17) is 19.7 Å². The molecule has 0 aromatic heterocycles. The number of nitrogens with one attached hydrogen (secondary N) is 1. The summed E-state index contributed by atoms with van der Waals surface area (Å²) >= 11 is 0. The second-order valence-corrected chi connectivity index (χ2v) is 7.12. The van der Waals surface area contributed by atoms with Gasteiger partial charge in [-0.25, -0.2) is 4.79 Å². The van der Waals surface area contributed by atoms with Crippen LogP contribution in [-0.2, 0) is 23.8 Å². The summed E-state index contributed by atoms with van der Waals surface area (Å²) in [6, 6.07) is 0. The quantitative estimate of drug-likeness (QED) is 0.249. The molecule has 0 aliphatic heterocycles. The molecule has 1 fully saturated rings. The van der Waals surface area contributed by atoms with Gasteiger partial charge in [0.2, 0.25) is 0 Å². The van der Waals surface area contributed by atoms with E-state index in [1.807, 2.05) is 0 Å². The van der Waals surface area contributed by atoms with Crippen LogP contribution in [0.5, 0.6) is 0 Å². The van der Waals surface area contributed by atoms with Crippen LogP contribution in [0.25, 0.3) is 10.4 Å². The van der Waals surface area contributed by atoms with Gasteiger partial charge in [0.25, 0.3) is 0 Å². The first kappa shape index (κ1) is 21.6. The lowest BCUT2D eigenvalue weighted by Crippen LogP contribution is -2.40. The van der Waals surface area contributed by atoms with Crippen molar-refractivity contribution in [2.45, 2.75) is 32.8 Å². The maximum absolute atomic E-state index is 12.2. The third-order valence-corrected chi connectivity index (χ3v) is 4.34. The molecular formula is C16H26N4O6. The fraction of sp³-hybridized carbons (Fsp3) is 0.812. The number of carbonyl (C=O) groups is 3. The van der Waals surface area contributed by atoms with Crippen molar-refractivity contribution in [3.63, 3.8) is 0 Å². The van der Waals surface area contributed by atoms with E-state index in [9.17, 15) is 14.4 Å². The van der Waals surface area contributed by atoms with Crippen LogP contribution >= 0.6 is 0 Å². The summed E-state index contributed by atoms with van der Waals surface area (Å²) in [6.45, 7) is 5.28. The molecule has 0 spiro atoms. The summed E-state index contributed by atoms with van der Waals surface area (Å²) in [7, 11) is 2.51. The van der Waals surface area contributed by atoms with Crippen molar-refractivity contribution in [3.05, 3.63) is 10.4 Å². The minimum Gasteiger partial charge on any atom is -0.469 e. The van der Waals surface area contributed by atoms with Crippen molar-refractivity contribution >= 4 is 18.0 Å². The molecule has 0 bridgehead atoms. The van der Waals surface area contributed by atoms with Gasteiger partial charge in [-0.3, -0.25) is 9.59 Å². The Morgan fingerprint density at radius 1 is 1.12 bits per heavy atom. The summed E-state index contributed by atoms with van der Waals surface area (Å²) in [6.07, 6.45) is -0.434. The fourth-order valence-electron chi connectivity index (χ4n) is 3.27. The van der Waals surface area contributed by atoms with E-state index in [2.05, 4.69) is 15.3 Å². The molecule has 0 saturated heterocycles. The van der Waals surface area contributed by atoms with Crippen molar-refractivity contribution < 1.29 is 28.6 Å². The lowest BCUT2D eigenvalue weighted by molar-refractivity contribution is -0.147. The van der Waals surface area contributed by atoms with Gasteiger partial charge in [-0.05, 0) is 44.6 Å². The molecule has 1 aliphatic rings. The highest BCUT2D eigenvalue weighted by molar-refractivity contribution is 5.78. The van der Waals surface area contributed by atoms with E-state index in [0.29, 0.717) is 0 Å². The molecule has 146 valence electrons. The molecule has 0 aromatic rings. The van der Waals surface area contributed by atoms with Crippen LogP contribution in [0.2, 0.25) is 0 Å². The Balaban J connectivity index is 3.00. The number of rotatable bonds is 6. The van der Waals surface area contributed by atoms with E-state index >= 15 is 0 Å². The highest BCUT2D eigenvalue weighted by atomic mass is 16.6. The van der Waals surface area contributed by atoms with Crippen LogP contribution < -0.4 is 5.32 Å². The topological polar surface area (TPSA) is 140 Å². The van der Waals surface area contributed by atoms with Gasteiger partial charge in [0.1, 0.15) is 5.60 Å². The van der Waals surface area contributed by atoms with Crippen molar-refractivity contribution in [1.29, 1.82) is 0 Å². The summed E-state index contributed by atoms with van der Waals surface area (Å²) in [4.78, 5) is 38.9. The highest BCUT2D eigenvalue weighted by Crippen LogP contribution is 2.43. The summed E-state index contributed by atoms with van der Waals surface area (Å²) in [5.41, 5.74) is 7.96. The second-order valence-electron chi connectivity index (χ2n) is 7.12. The Hall–Kier alpha value is -2.48. The number of esters is 2. The number of nitrogens with zero attached hydrogens (tertiary/aromatic N) is 3. The molecule has 1 aliphatic carbocycles. The first-order valence-electron chi connectivity index (χ1n) is 8.28. The summed E-state index contributed by atoms with van der Waals surface area (Å²) in [5, 5.41) is 6.17. The normalized spacial score (nSPS) is 25.0. The molecule has 1 rings (SSSR count). The van der Waals surface area contributed by atoms with E-state index < -0.39 is 47.3 Å². The third-order valence-electron chi connectivity index (χ3n) is 4.34. The number of alkyl carbamates (subject to hydrolysis) is 1. The first-order valence-corrected chi connectivity index (χ1v) is 8.28. The lowest BCUT2D eigenvalue weighted by Gasteiger charge is -2.25. The van der Waals surface area contributed by atoms with Crippen LogP contribution in [0.15, 0.2) is 5.11 Å². The molecule has 1 saturated carbocycles. The SMILES string of the molecule is COC(=O)[C@H]1C[C@@H](C(=O)OC)[C@H](CN=[N+]=[N-])[C@@H]1CNC(=O)OC(C)(C)C. The van der Waals surface area contributed by atoms with E-state index in [1.165, 1.54) is 14.2 Å². The van der Waals surface area contributed by atoms with Gasteiger partial charge in [0.05, 0.1) is 26.1 Å². The fourth-order valence-corrected chi connectivity index (χ4v) is 3.27. The van der Waals surface area contributed by atoms with Gasteiger partial charge < -0.3 is 19.5 Å². The smallest absolute Gasteiger partial charge is 0.407 e. The maximum atomic E-state index is 12.2.